The molecule has 0 bridgehead atoms. The van der Waals surface area contributed by atoms with Crippen molar-refractivity contribution in [1.82, 2.24) is 30.9 Å². The number of rotatable bonds is 16. The van der Waals surface area contributed by atoms with Crippen LogP contribution in [0.2, 0.25) is 5.02 Å². The zero-order valence-corrected chi connectivity index (χ0v) is 29.9. The Kier molecular flexibility index (Phi) is 12.4. The predicted molar refractivity (Wildman–Crippen MR) is 190 cm³/mol. The number of hydrogen-bond donors (Lipinski definition) is 6. The molecular weight excluding hydrogens is 753 g/mol. The normalized spacial score (nSPS) is 13.4. The SMILES string of the molecule is COc1ccc(CNC(=O)C(=O)NC[C@H](NC(=O)c2ccc(Nc3nc(NC4(c5ccc(Cl)cc5)CC4)nc(OCC(F)(F)F)n3)cc2)C(=O)O)cc1OC. The minimum absolute atomic E-state index is 0.0154. The molecule has 1 aromatic heterocycles. The maximum absolute atomic E-state index is 12.9. The summed E-state index contributed by atoms with van der Waals surface area (Å²) in [5.74, 6) is -3.81. The molecule has 5 rings (SSSR count). The summed E-state index contributed by atoms with van der Waals surface area (Å²) >= 11 is 6.02. The van der Waals surface area contributed by atoms with Crippen LogP contribution in [0.15, 0.2) is 66.7 Å². The van der Waals surface area contributed by atoms with Gasteiger partial charge in [0.05, 0.1) is 19.8 Å². The van der Waals surface area contributed by atoms with Crippen molar-refractivity contribution < 1.29 is 51.7 Å². The summed E-state index contributed by atoms with van der Waals surface area (Å²) in [4.78, 5) is 61.7. The number of alkyl halides is 3. The molecule has 1 aliphatic carbocycles. The largest absolute Gasteiger partial charge is 0.493 e. The number of aliphatic carboxylic acids is 1. The van der Waals surface area contributed by atoms with Crippen molar-refractivity contribution in [3.63, 3.8) is 0 Å². The number of amides is 3. The molecule has 1 heterocycles. The minimum atomic E-state index is -4.65. The molecule has 0 aliphatic heterocycles. The highest BCUT2D eigenvalue weighted by molar-refractivity contribution is 6.35. The second-order valence-electron chi connectivity index (χ2n) is 12.0. The Hall–Kier alpha value is -6.37. The number of carboxylic acids is 1. The number of nitrogens with zero attached hydrogens (tertiary/aromatic N) is 3. The summed E-state index contributed by atoms with van der Waals surface area (Å²) in [7, 11) is 2.91. The quantitative estimate of drug-likeness (QED) is 0.0889. The third-order valence-electron chi connectivity index (χ3n) is 8.06. The summed E-state index contributed by atoms with van der Waals surface area (Å²) < 4.78 is 54.0. The fourth-order valence-corrected chi connectivity index (χ4v) is 5.20. The molecule has 1 saturated carbocycles. The molecule has 55 heavy (non-hydrogen) atoms. The van der Waals surface area contributed by atoms with E-state index < -0.39 is 60.6 Å². The Morgan fingerprint density at radius 3 is 2.15 bits per heavy atom. The topological polar surface area (TPSA) is 215 Å². The van der Waals surface area contributed by atoms with Gasteiger partial charge in [0.15, 0.2) is 18.1 Å². The number of halogens is 4. The van der Waals surface area contributed by atoms with Crippen LogP contribution < -0.4 is 40.8 Å². The van der Waals surface area contributed by atoms with E-state index >= 15 is 0 Å². The zero-order valence-electron chi connectivity index (χ0n) is 29.1. The maximum Gasteiger partial charge on any atom is 0.422 e. The van der Waals surface area contributed by atoms with Crippen LogP contribution in [0.3, 0.4) is 0 Å². The van der Waals surface area contributed by atoms with E-state index in [0.29, 0.717) is 40.6 Å². The van der Waals surface area contributed by atoms with E-state index in [1.165, 1.54) is 38.5 Å². The van der Waals surface area contributed by atoms with Crippen molar-refractivity contribution in [2.45, 2.75) is 37.1 Å². The van der Waals surface area contributed by atoms with Crippen molar-refractivity contribution in [3.05, 3.63) is 88.4 Å². The number of carbonyl (C=O) groups is 4. The van der Waals surface area contributed by atoms with Gasteiger partial charge < -0.3 is 45.9 Å². The molecule has 290 valence electrons. The summed E-state index contributed by atoms with van der Waals surface area (Å²) in [6, 6.07) is 15.2. The predicted octanol–water partition coefficient (Wildman–Crippen LogP) is 3.94. The molecule has 3 aromatic carbocycles. The van der Waals surface area contributed by atoms with Crippen molar-refractivity contribution in [2.75, 3.05) is 38.0 Å². The van der Waals surface area contributed by atoms with E-state index in [2.05, 4.69) is 41.5 Å². The van der Waals surface area contributed by atoms with Gasteiger partial charge in [-0.1, -0.05) is 29.8 Å². The van der Waals surface area contributed by atoms with E-state index in [-0.39, 0.29) is 24.0 Å². The fourth-order valence-electron chi connectivity index (χ4n) is 5.08. The minimum Gasteiger partial charge on any atom is -0.493 e. The number of nitrogens with one attached hydrogen (secondary N) is 5. The van der Waals surface area contributed by atoms with E-state index in [9.17, 15) is 37.5 Å². The van der Waals surface area contributed by atoms with Crippen molar-refractivity contribution >= 4 is 52.9 Å². The summed E-state index contributed by atoms with van der Waals surface area (Å²) in [5, 5.41) is 23.0. The van der Waals surface area contributed by atoms with Gasteiger partial charge in [0.1, 0.15) is 6.04 Å². The average molecular weight is 787 g/mol. The molecule has 16 nitrogen and oxygen atoms in total. The maximum atomic E-state index is 12.9. The molecule has 0 unspecified atom stereocenters. The highest BCUT2D eigenvalue weighted by Crippen LogP contribution is 2.48. The van der Waals surface area contributed by atoms with Crippen molar-refractivity contribution in [2.24, 2.45) is 0 Å². The van der Waals surface area contributed by atoms with Crippen LogP contribution in [0.4, 0.5) is 30.8 Å². The third-order valence-corrected chi connectivity index (χ3v) is 8.31. The second-order valence-corrected chi connectivity index (χ2v) is 12.5. The summed E-state index contributed by atoms with van der Waals surface area (Å²) in [5.41, 5.74) is 1.22. The van der Waals surface area contributed by atoms with Crippen LogP contribution in [-0.2, 0) is 26.5 Å². The van der Waals surface area contributed by atoms with Gasteiger partial charge in [0, 0.05) is 29.4 Å². The number of carboxylic acid groups (broad SMARTS) is 1. The Bertz CT molecular complexity index is 2030. The van der Waals surface area contributed by atoms with Gasteiger partial charge in [-0.05, 0) is 72.5 Å². The molecule has 0 spiro atoms. The smallest absolute Gasteiger partial charge is 0.422 e. The van der Waals surface area contributed by atoms with Gasteiger partial charge in [0.25, 0.3) is 5.91 Å². The summed E-state index contributed by atoms with van der Waals surface area (Å²) in [6.45, 7) is -2.30. The highest BCUT2D eigenvalue weighted by Gasteiger charge is 2.45. The number of aromatic nitrogens is 3. The van der Waals surface area contributed by atoms with Crippen LogP contribution in [0, 0.1) is 0 Å². The lowest BCUT2D eigenvalue weighted by Gasteiger charge is -2.19. The van der Waals surface area contributed by atoms with E-state index in [4.69, 9.17) is 25.8 Å². The van der Waals surface area contributed by atoms with Gasteiger partial charge in [-0.15, -0.1) is 0 Å². The van der Waals surface area contributed by atoms with Crippen molar-refractivity contribution in [1.29, 1.82) is 0 Å². The first kappa shape index (κ1) is 39.8. The Labute approximate surface area is 316 Å². The molecular formula is C35H34ClF3N8O8. The van der Waals surface area contributed by atoms with E-state index in [1.54, 1.807) is 30.3 Å². The molecule has 20 heteroatoms. The van der Waals surface area contributed by atoms with Crippen LogP contribution in [0.1, 0.15) is 34.3 Å². The van der Waals surface area contributed by atoms with E-state index in [0.717, 1.165) is 5.56 Å². The molecule has 1 aliphatic rings. The highest BCUT2D eigenvalue weighted by atomic mass is 35.5. The Balaban J connectivity index is 1.19. The molecule has 0 saturated heterocycles. The number of anilines is 3. The van der Waals surface area contributed by atoms with Gasteiger partial charge >= 0.3 is 30.0 Å². The van der Waals surface area contributed by atoms with Gasteiger partial charge in [-0.2, -0.15) is 28.1 Å². The second kappa shape index (κ2) is 17.2. The molecule has 6 N–H and O–H groups in total. The Morgan fingerprint density at radius 1 is 0.873 bits per heavy atom. The standard InChI is InChI=1S/C35H34ClF3N8O8/c1-53-25-12-3-19(15-26(25)54-2)16-40-28(49)29(50)41-17-24(30(51)52)43-27(48)20-4-10-23(11-5-20)42-31-44-32(46-33(45-31)55-18-35(37,38)39)47-34(13-14-34)21-6-8-22(36)9-7-21/h3-12,15,24H,13-14,16-18H2,1-2H3,(H,40,49)(H,41,50)(H,43,48)(H,51,52)(H2,42,44,45,46,47)/t24-/m0/s1. The lowest BCUT2D eigenvalue weighted by Crippen LogP contribution is -2.50. The number of benzene rings is 3. The first-order chi connectivity index (χ1) is 26.2. The van der Waals surface area contributed by atoms with Crippen LogP contribution in [0.25, 0.3) is 0 Å². The van der Waals surface area contributed by atoms with Gasteiger partial charge in [0.2, 0.25) is 11.9 Å². The number of ether oxygens (including phenoxy) is 3. The first-order valence-corrected chi connectivity index (χ1v) is 16.7. The lowest BCUT2D eigenvalue weighted by molar-refractivity contribution is -0.154. The average Bonchev–Trinajstić information content (AvgIpc) is 3.94. The monoisotopic (exact) mass is 786 g/mol. The van der Waals surface area contributed by atoms with E-state index in [1.807, 2.05) is 12.1 Å². The van der Waals surface area contributed by atoms with Crippen molar-refractivity contribution in [3.8, 4) is 17.5 Å². The Morgan fingerprint density at radius 2 is 1.53 bits per heavy atom. The van der Waals surface area contributed by atoms with Crippen LogP contribution >= 0.6 is 11.6 Å². The summed E-state index contributed by atoms with van der Waals surface area (Å²) in [6.07, 6.45) is -3.27. The number of hydrogen-bond acceptors (Lipinski definition) is 12. The molecule has 1 fully saturated rings. The molecule has 0 radical (unpaired) electrons. The lowest BCUT2D eigenvalue weighted by atomic mass is 10.1. The van der Waals surface area contributed by atoms with Gasteiger partial charge in [-0.3, -0.25) is 14.4 Å². The molecule has 3 amide bonds. The third kappa shape index (κ3) is 11.1. The first-order valence-electron chi connectivity index (χ1n) is 16.3. The molecule has 1 atom stereocenters. The zero-order chi connectivity index (χ0) is 39.8. The van der Waals surface area contributed by atoms with Crippen LogP contribution in [-0.4, -0.2) is 83.3 Å². The number of methoxy groups -OCH3 is 2. The molecule has 4 aromatic rings. The van der Waals surface area contributed by atoms with Gasteiger partial charge in [-0.25, -0.2) is 4.79 Å². The van der Waals surface area contributed by atoms with Crippen LogP contribution in [0.5, 0.6) is 17.5 Å². The fraction of sp³-hybridized carbons (Fsp3) is 0.286. The number of carbonyl (C=O) groups excluding carboxylic acids is 3.